The van der Waals surface area contributed by atoms with E-state index >= 15 is 0 Å². The van der Waals surface area contributed by atoms with E-state index < -0.39 is 5.97 Å². The minimum Gasteiger partial charge on any atom is -0.475 e. The van der Waals surface area contributed by atoms with Gasteiger partial charge in [0, 0.05) is 0 Å². The van der Waals surface area contributed by atoms with Gasteiger partial charge in [0.25, 0.3) is 0 Å². The molecular weight excluding hydrogens is 262 g/mol. The van der Waals surface area contributed by atoms with Crippen molar-refractivity contribution in [1.82, 2.24) is 9.97 Å². The number of carboxylic acids is 1. The van der Waals surface area contributed by atoms with Crippen LogP contribution in [0.5, 0.6) is 5.88 Å². The van der Waals surface area contributed by atoms with Gasteiger partial charge < -0.3 is 19.6 Å². The van der Waals surface area contributed by atoms with Crippen molar-refractivity contribution in [3.63, 3.8) is 0 Å². The maximum atomic E-state index is 10.7. The lowest BCUT2D eigenvalue weighted by atomic mass is 10.4. The third-order valence-electron chi connectivity index (χ3n) is 2.29. The first-order chi connectivity index (χ1) is 9.54. The molecule has 0 aromatic carbocycles. The molecule has 106 valence electrons. The molecule has 7 nitrogen and oxygen atoms in total. The van der Waals surface area contributed by atoms with Crippen LogP contribution in [0.3, 0.4) is 0 Å². The van der Waals surface area contributed by atoms with Crippen molar-refractivity contribution in [2.45, 2.75) is 26.5 Å². The Hall–Kier alpha value is -2.57. The average Bonchev–Trinajstić information content (AvgIpc) is 2.85. The van der Waals surface area contributed by atoms with Crippen LogP contribution in [-0.2, 0) is 6.54 Å². The van der Waals surface area contributed by atoms with Crippen LogP contribution in [0.1, 0.15) is 30.2 Å². The highest BCUT2D eigenvalue weighted by Gasteiger charge is 2.09. The van der Waals surface area contributed by atoms with Crippen molar-refractivity contribution < 1.29 is 19.1 Å². The van der Waals surface area contributed by atoms with E-state index in [2.05, 4.69) is 15.3 Å². The molecule has 7 heteroatoms. The molecule has 20 heavy (non-hydrogen) atoms. The van der Waals surface area contributed by atoms with Gasteiger partial charge >= 0.3 is 5.97 Å². The average molecular weight is 277 g/mol. The largest absolute Gasteiger partial charge is 0.475 e. The van der Waals surface area contributed by atoms with Crippen molar-refractivity contribution in [1.29, 1.82) is 0 Å². The normalized spacial score (nSPS) is 10.6. The summed E-state index contributed by atoms with van der Waals surface area (Å²) >= 11 is 0. The lowest BCUT2D eigenvalue weighted by Gasteiger charge is -2.09. The second kappa shape index (κ2) is 6.05. The monoisotopic (exact) mass is 277 g/mol. The topological polar surface area (TPSA) is 97.5 Å². The second-order valence-corrected chi connectivity index (χ2v) is 4.33. The van der Waals surface area contributed by atoms with Gasteiger partial charge in [-0.25, -0.2) is 4.79 Å². The number of nitrogens with zero attached hydrogens (tertiary/aromatic N) is 2. The molecule has 2 aromatic heterocycles. The number of anilines is 1. The van der Waals surface area contributed by atoms with E-state index in [0.29, 0.717) is 24.0 Å². The Morgan fingerprint density at radius 3 is 2.90 bits per heavy atom. The van der Waals surface area contributed by atoms with E-state index in [4.69, 9.17) is 14.3 Å². The number of hydrogen-bond donors (Lipinski definition) is 2. The van der Waals surface area contributed by atoms with Crippen molar-refractivity contribution >= 4 is 11.8 Å². The first-order valence-corrected chi connectivity index (χ1v) is 6.09. The van der Waals surface area contributed by atoms with Gasteiger partial charge in [0.2, 0.25) is 11.6 Å². The summed E-state index contributed by atoms with van der Waals surface area (Å²) in [5.41, 5.74) is 0. The van der Waals surface area contributed by atoms with Gasteiger partial charge in [-0.3, -0.25) is 4.98 Å². The SMILES string of the molecule is CC(C)Oc1cncc(NCc2ccc(C(=O)O)o2)n1. The highest BCUT2D eigenvalue weighted by Crippen LogP contribution is 2.13. The molecule has 0 unspecified atom stereocenters. The van der Waals surface area contributed by atoms with Crippen molar-refractivity contribution in [3.05, 3.63) is 36.0 Å². The summed E-state index contributed by atoms with van der Waals surface area (Å²) in [7, 11) is 0. The predicted octanol–water partition coefficient (Wildman–Crippen LogP) is 2.17. The zero-order valence-electron chi connectivity index (χ0n) is 11.2. The van der Waals surface area contributed by atoms with E-state index in [9.17, 15) is 4.79 Å². The van der Waals surface area contributed by atoms with Gasteiger partial charge in [0.15, 0.2) is 0 Å². The van der Waals surface area contributed by atoms with Gasteiger partial charge in [-0.05, 0) is 26.0 Å². The van der Waals surface area contributed by atoms with Gasteiger partial charge in [-0.1, -0.05) is 0 Å². The van der Waals surface area contributed by atoms with E-state index in [1.165, 1.54) is 12.3 Å². The van der Waals surface area contributed by atoms with Gasteiger partial charge in [-0.15, -0.1) is 0 Å². The molecule has 0 aliphatic rings. The molecule has 0 bridgehead atoms. The minimum absolute atomic E-state index is 0.0164. The summed E-state index contributed by atoms with van der Waals surface area (Å²) < 4.78 is 10.5. The Labute approximate surface area is 115 Å². The number of carboxylic acid groups (broad SMARTS) is 1. The fraction of sp³-hybridized carbons (Fsp3) is 0.308. The van der Waals surface area contributed by atoms with Crippen LogP contribution in [0.4, 0.5) is 5.82 Å². The molecule has 0 radical (unpaired) electrons. The Kier molecular flexibility index (Phi) is 4.19. The zero-order chi connectivity index (χ0) is 14.5. The minimum atomic E-state index is -1.09. The number of furan rings is 1. The maximum absolute atomic E-state index is 10.7. The fourth-order valence-corrected chi connectivity index (χ4v) is 1.50. The molecule has 0 fully saturated rings. The molecule has 0 spiro atoms. The third kappa shape index (κ3) is 3.71. The quantitative estimate of drug-likeness (QED) is 0.834. The van der Waals surface area contributed by atoms with Gasteiger partial charge in [-0.2, -0.15) is 4.98 Å². The number of aromatic carboxylic acids is 1. The summed E-state index contributed by atoms with van der Waals surface area (Å²) in [5, 5.41) is 11.7. The molecule has 0 amide bonds. The molecule has 0 saturated heterocycles. The van der Waals surface area contributed by atoms with Crippen LogP contribution in [0.25, 0.3) is 0 Å². The Balaban J connectivity index is 1.97. The van der Waals surface area contributed by atoms with E-state index in [1.807, 2.05) is 13.8 Å². The Bertz CT molecular complexity index is 595. The molecule has 2 aromatic rings. The molecule has 2 rings (SSSR count). The highest BCUT2D eigenvalue weighted by molar-refractivity contribution is 5.84. The van der Waals surface area contributed by atoms with Crippen molar-refractivity contribution in [3.8, 4) is 5.88 Å². The molecular formula is C13H15N3O4. The Morgan fingerprint density at radius 2 is 2.25 bits per heavy atom. The zero-order valence-corrected chi connectivity index (χ0v) is 11.2. The highest BCUT2D eigenvalue weighted by atomic mass is 16.5. The number of hydrogen-bond acceptors (Lipinski definition) is 6. The Morgan fingerprint density at radius 1 is 1.45 bits per heavy atom. The maximum Gasteiger partial charge on any atom is 0.371 e. The summed E-state index contributed by atoms with van der Waals surface area (Å²) in [6, 6.07) is 3.00. The molecule has 2 heterocycles. The fourth-order valence-electron chi connectivity index (χ4n) is 1.50. The third-order valence-corrected chi connectivity index (χ3v) is 2.29. The number of rotatable bonds is 6. The van der Waals surface area contributed by atoms with Crippen molar-refractivity contribution in [2.75, 3.05) is 5.32 Å². The van der Waals surface area contributed by atoms with E-state index in [0.717, 1.165) is 0 Å². The van der Waals surface area contributed by atoms with Crippen LogP contribution < -0.4 is 10.1 Å². The predicted molar refractivity (Wildman–Crippen MR) is 70.8 cm³/mol. The number of carbonyl (C=O) groups is 1. The smallest absolute Gasteiger partial charge is 0.371 e. The van der Waals surface area contributed by atoms with Crippen LogP contribution in [0.2, 0.25) is 0 Å². The lowest BCUT2D eigenvalue weighted by molar-refractivity contribution is 0.0660. The molecule has 2 N–H and O–H groups in total. The number of ether oxygens (including phenoxy) is 1. The van der Waals surface area contributed by atoms with Crippen molar-refractivity contribution in [2.24, 2.45) is 0 Å². The molecule has 0 atom stereocenters. The number of nitrogens with one attached hydrogen (secondary N) is 1. The van der Waals surface area contributed by atoms with E-state index in [-0.39, 0.29) is 11.9 Å². The second-order valence-electron chi connectivity index (χ2n) is 4.33. The van der Waals surface area contributed by atoms with E-state index in [1.54, 1.807) is 12.3 Å². The standard InChI is InChI=1S/C13H15N3O4/c1-8(2)19-12-7-14-6-11(16-12)15-5-9-3-4-10(20-9)13(17)18/h3-4,6-8H,5H2,1-2H3,(H,15,16)(H,17,18). The van der Waals surface area contributed by atoms with Crippen LogP contribution in [0.15, 0.2) is 28.9 Å². The molecule has 0 aliphatic carbocycles. The van der Waals surface area contributed by atoms with Gasteiger partial charge in [0.1, 0.15) is 11.6 Å². The lowest BCUT2D eigenvalue weighted by Crippen LogP contribution is -2.08. The summed E-state index contributed by atoms with van der Waals surface area (Å²) in [5.74, 6) is 0.264. The summed E-state index contributed by atoms with van der Waals surface area (Å²) in [6.07, 6.45) is 3.09. The summed E-state index contributed by atoms with van der Waals surface area (Å²) in [6.45, 7) is 4.11. The molecule has 0 saturated carbocycles. The van der Waals surface area contributed by atoms with Crippen LogP contribution in [0, 0.1) is 0 Å². The first-order valence-electron chi connectivity index (χ1n) is 6.09. The first kappa shape index (κ1) is 13.9. The van der Waals surface area contributed by atoms with Crippen LogP contribution >= 0.6 is 0 Å². The number of aromatic nitrogens is 2. The van der Waals surface area contributed by atoms with Crippen LogP contribution in [-0.4, -0.2) is 27.1 Å². The van der Waals surface area contributed by atoms with Gasteiger partial charge in [0.05, 0.1) is 25.0 Å². The summed E-state index contributed by atoms with van der Waals surface area (Å²) in [4.78, 5) is 18.9. The molecule has 0 aliphatic heterocycles.